The molecule has 1 aromatic rings. The number of benzene rings is 1. The molecule has 112 valence electrons. The maximum Gasteiger partial charge on any atom is 0.416 e. The van der Waals surface area contributed by atoms with Crippen LogP contribution < -0.4 is 5.32 Å². The smallest absolute Gasteiger partial charge is 0.381 e. The van der Waals surface area contributed by atoms with Crippen LogP contribution in [0.1, 0.15) is 31.2 Å². The predicted octanol–water partition coefficient (Wildman–Crippen LogP) is 4.84. The van der Waals surface area contributed by atoms with E-state index in [1.165, 1.54) is 6.07 Å². The Balaban J connectivity index is 2.06. The Labute approximate surface area is 124 Å². The van der Waals surface area contributed by atoms with Crippen molar-refractivity contribution in [2.75, 3.05) is 12.4 Å². The molecule has 1 N–H and O–H groups in total. The van der Waals surface area contributed by atoms with Gasteiger partial charge in [0, 0.05) is 23.3 Å². The third-order valence-corrected chi connectivity index (χ3v) is 4.35. The van der Waals surface area contributed by atoms with Gasteiger partial charge in [0.1, 0.15) is 0 Å². The zero-order valence-electron chi connectivity index (χ0n) is 11.1. The lowest BCUT2D eigenvalue weighted by molar-refractivity contribution is -0.137. The third kappa shape index (κ3) is 3.88. The van der Waals surface area contributed by atoms with Crippen LogP contribution in [0, 0.1) is 0 Å². The highest BCUT2D eigenvalue weighted by Gasteiger charge is 2.31. The maximum atomic E-state index is 12.7. The number of halogens is 4. The molecule has 0 spiro atoms. The molecule has 0 radical (unpaired) electrons. The summed E-state index contributed by atoms with van der Waals surface area (Å²) in [6.07, 6.45) is -0.360. The number of anilines is 1. The second-order valence-electron chi connectivity index (χ2n) is 5.05. The van der Waals surface area contributed by atoms with Gasteiger partial charge in [-0.15, -0.1) is 0 Å². The van der Waals surface area contributed by atoms with Crippen molar-refractivity contribution in [3.05, 3.63) is 28.2 Å². The molecule has 6 heteroatoms. The van der Waals surface area contributed by atoms with Crippen molar-refractivity contribution < 1.29 is 17.9 Å². The topological polar surface area (TPSA) is 21.3 Å². The number of alkyl halides is 3. The van der Waals surface area contributed by atoms with Gasteiger partial charge in [0.2, 0.25) is 0 Å². The van der Waals surface area contributed by atoms with E-state index in [-0.39, 0.29) is 12.1 Å². The Hall–Kier alpha value is -0.750. The van der Waals surface area contributed by atoms with E-state index in [1.54, 1.807) is 7.11 Å². The lowest BCUT2D eigenvalue weighted by atomic mass is 9.93. The summed E-state index contributed by atoms with van der Waals surface area (Å²) in [5.74, 6) is 0. The van der Waals surface area contributed by atoms with Crippen molar-refractivity contribution >= 4 is 21.6 Å². The van der Waals surface area contributed by atoms with Gasteiger partial charge in [-0.3, -0.25) is 0 Å². The van der Waals surface area contributed by atoms with Crippen molar-refractivity contribution in [1.29, 1.82) is 0 Å². The summed E-state index contributed by atoms with van der Waals surface area (Å²) in [6.45, 7) is 0. The average Bonchev–Trinajstić information content (AvgIpc) is 2.41. The molecule has 2 rings (SSSR count). The zero-order valence-corrected chi connectivity index (χ0v) is 12.7. The first-order valence-corrected chi connectivity index (χ1v) is 7.35. The monoisotopic (exact) mass is 351 g/mol. The fraction of sp³-hybridized carbons (Fsp3) is 0.571. The van der Waals surface area contributed by atoms with Crippen molar-refractivity contribution in [3.63, 3.8) is 0 Å². The third-order valence-electron chi connectivity index (χ3n) is 3.66. The highest BCUT2D eigenvalue weighted by atomic mass is 79.9. The second kappa shape index (κ2) is 6.35. The molecule has 0 aliphatic heterocycles. The van der Waals surface area contributed by atoms with Gasteiger partial charge < -0.3 is 10.1 Å². The minimum Gasteiger partial charge on any atom is -0.381 e. The standard InChI is InChI=1S/C14H17BrF3NO/c1-20-11-5-3-10(4-6-11)19-13-8-9(14(16,17)18)2-7-12(13)15/h2,7-8,10-11,19H,3-6H2,1H3. The van der Waals surface area contributed by atoms with Crippen LogP contribution in [0.2, 0.25) is 0 Å². The first kappa shape index (κ1) is 15.6. The highest BCUT2D eigenvalue weighted by molar-refractivity contribution is 9.10. The van der Waals surface area contributed by atoms with Crippen molar-refractivity contribution in [2.24, 2.45) is 0 Å². The molecule has 2 nitrogen and oxygen atoms in total. The van der Waals surface area contributed by atoms with Crippen LogP contribution >= 0.6 is 15.9 Å². The van der Waals surface area contributed by atoms with Crippen molar-refractivity contribution in [2.45, 2.75) is 44.0 Å². The van der Waals surface area contributed by atoms with E-state index in [2.05, 4.69) is 21.2 Å². The Morgan fingerprint density at radius 1 is 1.20 bits per heavy atom. The molecule has 0 unspecified atom stereocenters. The minimum absolute atomic E-state index is 0.196. The molecular formula is C14H17BrF3NO. The lowest BCUT2D eigenvalue weighted by Crippen LogP contribution is -2.29. The molecular weight excluding hydrogens is 335 g/mol. The summed E-state index contributed by atoms with van der Waals surface area (Å²) in [4.78, 5) is 0. The number of nitrogens with one attached hydrogen (secondary N) is 1. The summed E-state index contributed by atoms with van der Waals surface area (Å²) in [7, 11) is 1.70. The summed E-state index contributed by atoms with van der Waals surface area (Å²) >= 11 is 3.29. The summed E-state index contributed by atoms with van der Waals surface area (Å²) in [6, 6.07) is 3.87. The quantitative estimate of drug-likeness (QED) is 0.841. The fourth-order valence-corrected chi connectivity index (χ4v) is 2.84. The predicted molar refractivity (Wildman–Crippen MR) is 75.8 cm³/mol. The molecule has 0 atom stereocenters. The van der Waals surface area contributed by atoms with Crippen LogP contribution in [0.15, 0.2) is 22.7 Å². The van der Waals surface area contributed by atoms with Crippen molar-refractivity contribution in [1.82, 2.24) is 0 Å². The maximum absolute atomic E-state index is 12.7. The van der Waals surface area contributed by atoms with Gasteiger partial charge in [0.25, 0.3) is 0 Å². The van der Waals surface area contributed by atoms with E-state index in [0.29, 0.717) is 10.2 Å². The second-order valence-corrected chi connectivity index (χ2v) is 5.90. The van der Waals surface area contributed by atoms with Gasteiger partial charge in [0.15, 0.2) is 0 Å². The molecule has 1 saturated carbocycles. The van der Waals surface area contributed by atoms with E-state index < -0.39 is 11.7 Å². The Morgan fingerprint density at radius 2 is 1.85 bits per heavy atom. The molecule has 20 heavy (non-hydrogen) atoms. The number of ether oxygens (including phenoxy) is 1. The van der Waals surface area contributed by atoms with Crippen LogP contribution in [0.25, 0.3) is 0 Å². The van der Waals surface area contributed by atoms with Gasteiger partial charge in [0.05, 0.1) is 11.7 Å². The van der Waals surface area contributed by atoms with Gasteiger partial charge in [-0.25, -0.2) is 0 Å². The zero-order chi connectivity index (χ0) is 14.8. The van der Waals surface area contributed by atoms with Crippen LogP contribution in [0.5, 0.6) is 0 Å². The molecule has 1 fully saturated rings. The Bertz CT molecular complexity index is 456. The normalized spacial score (nSPS) is 23.6. The van der Waals surface area contributed by atoms with Gasteiger partial charge in [-0.1, -0.05) is 0 Å². The fourth-order valence-electron chi connectivity index (χ4n) is 2.47. The number of methoxy groups -OCH3 is 1. The van der Waals surface area contributed by atoms with E-state index in [0.717, 1.165) is 37.8 Å². The van der Waals surface area contributed by atoms with Gasteiger partial charge >= 0.3 is 6.18 Å². The number of hydrogen-bond donors (Lipinski definition) is 1. The number of hydrogen-bond acceptors (Lipinski definition) is 2. The molecule has 1 aliphatic carbocycles. The van der Waals surface area contributed by atoms with Crippen LogP contribution in [0.3, 0.4) is 0 Å². The van der Waals surface area contributed by atoms with Crippen molar-refractivity contribution in [3.8, 4) is 0 Å². The van der Waals surface area contributed by atoms with Gasteiger partial charge in [-0.05, 0) is 59.8 Å². The molecule has 0 saturated heterocycles. The average molecular weight is 352 g/mol. The highest BCUT2D eigenvalue weighted by Crippen LogP contribution is 2.35. The summed E-state index contributed by atoms with van der Waals surface area (Å²) in [5.41, 5.74) is -0.130. The first-order valence-electron chi connectivity index (χ1n) is 6.56. The summed E-state index contributed by atoms with van der Waals surface area (Å²) in [5, 5.41) is 3.20. The number of rotatable bonds is 3. The Morgan fingerprint density at radius 3 is 2.40 bits per heavy atom. The molecule has 0 bridgehead atoms. The Kier molecular flexibility index (Phi) is 4.96. The largest absolute Gasteiger partial charge is 0.416 e. The summed E-state index contributed by atoms with van der Waals surface area (Å²) < 4.78 is 44.1. The van der Waals surface area contributed by atoms with Crippen LogP contribution in [-0.4, -0.2) is 19.3 Å². The molecule has 0 amide bonds. The van der Waals surface area contributed by atoms with E-state index in [9.17, 15) is 13.2 Å². The van der Waals surface area contributed by atoms with Crippen LogP contribution in [0.4, 0.5) is 18.9 Å². The molecule has 0 heterocycles. The molecule has 1 aliphatic rings. The van der Waals surface area contributed by atoms with E-state index in [1.807, 2.05) is 0 Å². The first-order chi connectivity index (χ1) is 9.40. The van der Waals surface area contributed by atoms with Crippen LogP contribution in [-0.2, 0) is 10.9 Å². The SMILES string of the molecule is COC1CCC(Nc2cc(C(F)(F)F)ccc2Br)CC1. The minimum atomic E-state index is -4.31. The molecule has 1 aromatic carbocycles. The van der Waals surface area contributed by atoms with E-state index in [4.69, 9.17) is 4.74 Å². The lowest BCUT2D eigenvalue weighted by Gasteiger charge is -2.29. The molecule has 0 aromatic heterocycles. The van der Waals surface area contributed by atoms with Gasteiger partial charge in [-0.2, -0.15) is 13.2 Å². The van der Waals surface area contributed by atoms with E-state index >= 15 is 0 Å².